The van der Waals surface area contributed by atoms with E-state index in [4.69, 9.17) is 5.41 Å². The van der Waals surface area contributed by atoms with Gasteiger partial charge < -0.3 is 5.41 Å². The third-order valence-electron chi connectivity index (χ3n) is 1.43. The minimum Gasteiger partial charge on any atom is -0.300 e. The Kier molecular flexibility index (Phi) is 2.61. The summed E-state index contributed by atoms with van der Waals surface area (Å²) in [6.07, 6.45) is 13.3. The number of hydrogen-bond donors (Lipinski definition) is 1. The second kappa shape index (κ2) is 3.71. The van der Waals surface area contributed by atoms with Gasteiger partial charge in [0.25, 0.3) is 0 Å². The van der Waals surface area contributed by atoms with E-state index in [0.29, 0.717) is 5.71 Å². The number of nitrogens with one attached hydrogen (secondary N) is 1. The first-order valence-electron chi connectivity index (χ1n) is 3.61. The minimum atomic E-state index is 0.575. The second-order valence-electron chi connectivity index (χ2n) is 2.28. The van der Waals surface area contributed by atoms with Crippen molar-refractivity contribution in [2.45, 2.75) is 6.92 Å². The Morgan fingerprint density at radius 1 is 1.27 bits per heavy atom. The fraction of sp³-hybridized carbons (Fsp3) is 0.100. The van der Waals surface area contributed by atoms with Crippen molar-refractivity contribution in [2.24, 2.45) is 0 Å². The van der Waals surface area contributed by atoms with Gasteiger partial charge in [-0.1, -0.05) is 36.5 Å². The van der Waals surface area contributed by atoms with Crippen LogP contribution in [0.1, 0.15) is 6.92 Å². The normalized spacial score (nSPS) is 20.5. The van der Waals surface area contributed by atoms with Gasteiger partial charge in [0.05, 0.1) is 5.71 Å². The second-order valence-corrected chi connectivity index (χ2v) is 2.28. The van der Waals surface area contributed by atoms with Gasteiger partial charge in [0.15, 0.2) is 0 Å². The van der Waals surface area contributed by atoms with Crippen LogP contribution in [0.4, 0.5) is 0 Å². The summed E-state index contributed by atoms with van der Waals surface area (Å²) in [7, 11) is 0. The van der Waals surface area contributed by atoms with Crippen LogP contribution in [0.2, 0.25) is 0 Å². The van der Waals surface area contributed by atoms with Crippen LogP contribution in [0.25, 0.3) is 0 Å². The molecule has 0 saturated carbocycles. The zero-order valence-electron chi connectivity index (χ0n) is 6.54. The van der Waals surface area contributed by atoms with Crippen LogP contribution in [0.15, 0.2) is 48.1 Å². The zero-order valence-corrected chi connectivity index (χ0v) is 6.54. The molecule has 0 amide bonds. The molecule has 0 aromatic heterocycles. The predicted molar refractivity (Wildman–Crippen MR) is 48.9 cm³/mol. The summed E-state index contributed by atoms with van der Waals surface area (Å²) < 4.78 is 0. The molecule has 0 atom stereocenters. The molecule has 11 heavy (non-hydrogen) atoms. The Hall–Kier alpha value is -1.37. The molecule has 1 N–H and O–H groups in total. The van der Waals surface area contributed by atoms with Crippen LogP contribution in [0, 0.1) is 5.41 Å². The van der Waals surface area contributed by atoms with Gasteiger partial charge in [-0.15, -0.1) is 0 Å². The van der Waals surface area contributed by atoms with Crippen molar-refractivity contribution in [2.75, 3.05) is 0 Å². The van der Waals surface area contributed by atoms with Gasteiger partial charge in [-0.2, -0.15) is 0 Å². The predicted octanol–water partition coefficient (Wildman–Crippen LogP) is 2.63. The van der Waals surface area contributed by atoms with E-state index in [9.17, 15) is 0 Å². The molecule has 0 aromatic carbocycles. The van der Waals surface area contributed by atoms with Crippen molar-refractivity contribution in [3.05, 3.63) is 48.1 Å². The van der Waals surface area contributed by atoms with Crippen LogP contribution >= 0.6 is 0 Å². The zero-order chi connectivity index (χ0) is 8.10. The molecule has 1 aliphatic carbocycles. The maximum Gasteiger partial charge on any atom is 0.0612 e. The van der Waals surface area contributed by atoms with E-state index in [1.54, 1.807) is 6.08 Å². The van der Waals surface area contributed by atoms with Crippen LogP contribution < -0.4 is 0 Å². The van der Waals surface area contributed by atoms with Gasteiger partial charge in [0.1, 0.15) is 0 Å². The van der Waals surface area contributed by atoms with Crippen LogP contribution in [0.5, 0.6) is 0 Å². The number of rotatable bonds is 1. The van der Waals surface area contributed by atoms with Gasteiger partial charge in [-0.05, 0) is 18.6 Å². The molecule has 0 aliphatic heterocycles. The summed E-state index contributed by atoms with van der Waals surface area (Å²) in [5.74, 6) is 0. The summed E-state index contributed by atoms with van der Waals surface area (Å²) in [6, 6.07) is 0. The largest absolute Gasteiger partial charge is 0.300 e. The van der Waals surface area contributed by atoms with E-state index in [0.717, 1.165) is 5.57 Å². The molecule has 1 nitrogen and oxygen atoms in total. The van der Waals surface area contributed by atoms with Crippen molar-refractivity contribution < 1.29 is 0 Å². The molecule has 0 bridgehead atoms. The third-order valence-corrected chi connectivity index (χ3v) is 1.43. The van der Waals surface area contributed by atoms with E-state index >= 15 is 0 Å². The summed E-state index contributed by atoms with van der Waals surface area (Å²) >= 11 is 0. The molecule has 0 radical (unpaired) electrons. The standard InChI is InChI=1S/C10H11N/c1-2-3-6-9-7-4-5-8-10(9)11/h2-8,11H,1H3/b3-2+,9-6-,11-10?. The smallest absolute Gasteiger partial charge is 0.0612 e. The molecule has 0 aromatic rings. The third kappa shape index (κ3) is 2.04. The average molecular weight is 145 g/mol. The lowest BCUT2D eigenvalue weighted by atomic mass is 10.1. The Balaban J connectivity index is 2.81. The number of hydrogen-bond acceptors (Lipinski definition) is 1. The summed E-state index contributed by atoms with van der Waals surface area (Å²) in [4.78, 5) is 0. The highest BCUT2D eigenvalue weighted by Gasteiger charge is 1.97. The molecule has 0 saturated heterocycles. The molecule has 1 heteroatoms. The monoisotopic (exact) mass is 145 g/mol. The van der Waals surface area contributed by atoms with Gasteiger partial charge in [0.2, 0.25) is 0 Å². The molecular weight excluding hydrogens is 134 g/mol. The molecule has 0 unspecified atom stereocenters. The molecule has 0 spiro atoms. The Bertz CT molecular complexity index is 265. The van der Waals surface area contributed by atoms with E-state index in [-0.39, 0.29) is 0 Å². The van der Waals surface area contributed by atoms with Crippen molar-refractivity contribution in [3.63, 3.8) is 0 Å². The number of allylic oxidation sites excluding steroid dienone is 8. The summed E-state index contributed by atoms with van der Waals surface area (Å²) in [5.41, 5.74) is 1.54. The van der Waals surface area contributed by atoms with Gasteiger partial charge in [-0.3, -0.25) is 0 Å². The average Bonchev–Trinajstić information content (AvgIpc) is 2.03. The summed E-state index contributed by atoms with van der Waals surface area (Å²) in [5, 5.41) is 7.48. The Labute approximate surface area is 66.9 Å². The first-order chi connectivity index (χ1) is 5.34. The lowest BCUT2D eigenvalue weighted by Crippen LogP contribution is -1.96. The van der Waals surface area contributed by atoms with Crippen molar-refractivity contribution in [1.82, 2.24) is 0 Å². The highest BCUT2D eigenvalue weighted by Crippen LogP contribution is 2.06. The highest BCUT2D eigenvalue weighted by atomic mass is 14.4. The van der Waals surface area contributed by atoms with Gasteiger partial charge in [-0.25, -0.2) is 0 Å². The van der Waals surface area contributed by atoms with Crippen LogP contribution in [-0.2, 0) is 0 Å². The maximum atomic E-state index is 7.48. The van der Waals surface area contributed by atoms with Gasteiger partial charge in [0, 0.05) is 0 Å². The van der Waals surface area contributed by atoms with Crippen LogP contribution in [0.3, 0.4) is 0 Å². The molecule has 1 rings (SSSR count). The van der Waals surface area contributed by atoms with Crippen molar-refractivity contribution in [3.8, 4) is 0 Å². The molecule has 0 heterocycles. The SMILES string of the molecule is C/C=C/C=C1/C=CC=CC1=N. The first kappa shape index (κ1) is 7.73. The minimum absolute atomic E-state index is 0.575. The van der Waals surface area contributed by atoms with Crippen molar-refractivity contribution >= 4 is 5.71 Å². The molecular formula is C10H11N. The molecule has 0 fully saturated rings. The first-order valence-corrected chi connectivity index (χ1v) is 3.61. The van der Waals surface area contributed by atoms with E-state index in [1.807, 2.05) is 43.4 Å². The topological polar surface area (TPSA) is 23.9 Å². The fourth-order valence-electron chi connectivity index (χ4n) is 0.842. The van der Waals surface area contributed by atoms with Crippen LogP contribution in [-0.4, -0.2) is 5.71 Å². The molecule has 56 valence electrons. The molecule has 1 aliphatic rings. The fourth-order valence-corrected chi connectivity index (χ4v) is 0.842. The lowest BCUT2D eigenvalue weighted by Gasteiger charge is -2.00. The van der Waals surface area contributed by atoms with E-state index in [2.05, 4.69) is 0 Å². The Morgan fingerprint density at radius 2 is 2.00 bits per heavy atom. The van der Waals surface area contributed by atoms with E-state index in [1.165, 1.54) is 0 Å². The quantitative estimate of drug-likeness (QED) is 0.586. The maximum absolute atomic E-state index is 7.48. The lowest BCUT2D eigenvalue weighted by molar-refractivity contribution is 1.49. The van der Waals surface area contributed by atoms with E-state index < -0.39 is 0 Å². The summed E-state index contributed by atoms with van der Waals surface area (Å²) in [6.45, 7) is 1.96. The highest BCUT2D eigenvalue weighted by molar-refractivity contribution is 6.09. The van der Waals surface area contributed by atoms with Gasteiger partial charge >= 0.3 is 0 Å². The Morgan fingerprint density at radius 3 is 2.64 bits per heavy atom. The van der Waals surface area contributed by atoms with Crippen molar-refractivity contribution in [1.29, 1.82) is 5.41 Å².